The van der Waals surface area contributed by atoms with Crippen molar-refractivity contribution in [1.82, 2.24) is 0 Å². The second kappa shape index (κ2) is 8.51. The third-order valence-corrected chi connectivity index (χ3v) is 5.31. The quantitative estimate of drug-likeness (QED) is 0.237. The second-order valence-electron chi connectivity index (χ2n) is 5.18. The molecular weight excluding hydrogens is 381 g/mol. The number of hydrogen-bond acceptors (Lipinski definition) is 7. The normalized spacial score (nSPS) is 11.6. The number of fused-ring (bicyclic) bond motifs is 1. The van der Waals surface area contributed by atoms with E-state index in [0.29, 0.717) is 11.1 Å². The van der Waals surface area contributed by atoms with Gasteiger partial charge in [-0.25, -0.2) is 8.42 Å². The molecular formula is C17H14N3NaO3S2. The van der Waals surface area contributed by atoms with Crippen LogP contribution in [0, 0.1) is 0 Å². The topological polar surface area (TPSA) is 108 Å². The van der Waals surface area contributed by atoms with Gasteiger partial charge in [-0.15, -0.1) is 22.0 Å². The van der Waals surface area contributed by atoms with Crippen molar-refractivity contribution < 1.29 is 42.5 Å². The number of hydrogen-bond donors (Lipinski definition) is 1. The molecule has 0 bridgehead atoms. The van der Waals surface area contributed by atoms with E-state index in [4.69, 9.17) is 5.73 Å². The maximum atomic E-state index is 11.6. The van der Waals surface area contributed by atoms with E-state index in [2.05, 4.69) is 10.2 Å². The molecule has 0 unspecified atom stereocenters. The summed E-state index contributed by atoms with van der Waals surface area (Å²) in [5.74, 6) is 0. The van der Waals surface area contributed by atoms with Gasteiger partial charge < -0.3 is 10.3 Å². The van der Waals surface area contributed by atoms with Gasteiger partial charge >= 0.3 is 29.6 Å². The van der Waals surface area contributed by atoms with Crippen molar-refractivity contribution in [3.8, 4) is 0 Å². The molecule has 0 amide bonds. The predicted molar refractivity (Wildman–Crippen MR) is 98.7 cm³/mol. The van der Waals surface area contributed by atoms with E-state index in [1.165, 1.54) is 17.8 Å². The van der Waals surface area contributed by atoms with Gasteiger partial charge in [0.1, 0.15) is 15.8 Å². The molecule has 0 fully saturated rings. The molecule has 3 rings (SSSR count). The molecule has 0 aliphatic heterocycles. The van der Waals surface area contributed by atoms with Crippen molar-refractivity contribution in [2.75, 3.05) is 12.0 Å². The van der Waals surface area contributed by atoms with Crippen LogP contribution < -0.4 is 35.3 Å². The monoisotopic (exact) mass is 395 g/mol. The van der Waals surface area contributed by atoms with Crippen LogP contribution in [0.4, 0.5) is 17.1 Å². The Morgan fingerprint density at radius 3 is 2.19 bits per heavy atom. The first-order valence-corrected chi connectivity index (χ1v) is 9.87. The molecule has 0 aliphatic rings. The predicted octanol–water partition coefficient (Wildman–Crippen LogP) is 1.47. The fourth-order valence-corrected chi connectivity index (χ4v) is 3.70. The van der Waals surface area contributed by atoms with Crippen molar-refractivity contribution in [1.29, 1.82) is 0 Å². The minimum atomic E-state index is -4.68. The number of nitrogens with zero attached hydrogens (tertiary/aromatic N) is 2. The van der Waals surface area contributed by atoms with Crippen LogP contribution >= 0.6 is 11.8 Å². The van der Waals surface area contributed by atoms with Gasteiger partial charge in [-0.2, -0.15) is 0 Å². The third-order valence-electron chi connectivity index (χ3n) is 3.65. The first-order valence-electron chi connectivity index (χ1n) is 7.23. The fraction of sp³-hybridized carbons (Fsp3) is 0.0588. The Balaban J connectivity index is 0.00000243. The molecule has 2 N–H and O–H groups in total. The largest absolute Gasteiger partial charge is 1.00 e. The van der Waals surface area contributed by atoms with E-state index < -0.39 is 10.1 Å². The molecule has 26 heavy (non-hydrogen) atoms. The van der Waals surface area contributed by atoms with Gasteiger partial charge in [0, 0.05) is 15.7 Å². The zero-order valence-electron chi connectivity index (χ0n) is 14.2. The first-order chi connectivity index (χ1) is 11.9. The van der Waals surface area contributed by atoms with Crippen molar-refractivity contribution in [2.45, 2.75) is 9.79 Å². The van der Waals surface area contributed by atoms with E-state index >= 15 is 0 Å². The number of nitrogens with two attached hydrogens (primary N) is 1. The van der Waals surface area contributed by atoms with Crippen LogP contribution in [0.2, 0.25) is 0 Å². The molecule has 9 heteroatoms. The molecule has 0 radical (unpaired) electrons. The maximum Gasteiger partial charge on any atom is 1.00 e. The van der Waals surface area contributed by atoms with E-state index in [0.717, 1.165) is 4.90 Å². The van der Waals surface area contributed by atoms with Crippen LogP contribution in [0.3, 0.4) is 0 Å². The smallest absolute Gasteiger partial charge is 0.744 e. The second-order valence-corrected chi connectivity index (χ2v) is 7.38. The Kier molecular flexibility index (Phi) is 6.84. The van der Waals surface area contributed by atoms with Crippen molar-refractivity contribution in [2.24, 2.45) is 10.2 Å². The standard InChI is InChI=1S/C17H15N3O3S2.Na/c1-24-15-9-5-4-8-13(15)19-20-14-10-16(25(21,22)23)11-6-2-3-7-12(11)17(14)18;/h2-10H,18H2,1H3,(H,21,22,23);/q;+1/p-1. The molecule has 0 saturated heterocycles. The molecule has 0 aromatic heterocycles. The van der Waals surface area contributed by atoms with E-state index in [1.807, 2.05) is 24.5 Å². The first kappa shape index (κ1) is 20.9. The maximum absolute atomic E-state index is 11.6. The number of anilines is 1. The number of nitrogen functional groups attached to an aromatic ring is 1. The van der Waals surface area contributed by atoms with Gasteiger partial charge in [-0.3, -0.25) is 0 Å². The summed E-state index contributed by atoms with van der Waals surface area (Å²) in [6.45, 7) is 0. The summed E-state index contributed by atoms with van der Waals surface area (Å²) in [4.78, 5) is 0.562. The molecule has 0 heterocycles. The van der Waals surface area contributed by atoms with E-state index in [1.54, 1.807) is 30.3 Å². The van der Waals surface area contributed by atoms with Gasteiger partial charge in [0.05, 0.1) is 16.3 Å². The van der Waals surface area contributed by atoms with Gasteiger partial charge in [0.2, 0.25) is 0 Å². The Morgan fingerprint density at radius 2 is 1.54 bits per heavy atom. The van der Waals surface area contributed by atoms with E-state index in [-0.39, 0.29) is 51.2 Å². The summed E-state index contributed by atoms with van der Waals surface area (Å²) in [6.07, 6.45) is 1.92. The summed E-state index contributed by atoms with van der Waals surface area (Å²) in [5.41, 5.74) is 7.16. The molecule has 3 aromatic carbocycles. The van der Waals surface area contributed by atoms with E-state index in [9.17, 15) is 13.0 Å². The summed E-state index contributed by atoms with van der Waals surface area (Å²) < 4.78 is 34.8. The van der Waals surface area contributed by atoms with Crippen LogP contribution in [0.25, 0.3) is 10.8 Å². The Labute approximate surface area is 177 Å². The minimum absolute atomic E-state index is 0. The Hall–Kier alpha value is -1.42. The summed E-state index contributed by atoms with van der Waals surface area (Å²) in [6, 6.07) is 15.1. The molecule has 0 atom stereocenters. The van der Waals surface area contributed by atoms with Crippen LogP contribution in [0.1, 0.15) is 0 Å². The molecule has 128 valence electrons. The van der Waals surface area contributed by atoms with Gasteiger partial charge in [0.15, 0.2) is 0 Å². The Morgan fingerprint density at radius 1 is 0.962 bits per heavy atom. The number of azo groups is 1. The Bertz CT molecular complexity index is 1090. The fourth-order valence-electron chi connectivity index (χ4n) is 2.46. The van der Waals surface area contributed by atoms with Crippen LogP contribution in [0.15, 0.2) is 74.6 Å². The van der Waals surface area contributed by atoms with Gasteiger partial charge in [-0.1, -0.05) is 36.4 Å². The van der Waals surface area contributed by atoms with Crippen molar-refractivity contribution in [3.05, 3.63) is 54.6 Å². The molecule has 3 aromatic rings. The molecule has 6 nitrogen and oxygen atoms in total. The van der Waals surface area contributed by atoms with Crippen molar-refractivity contribution >= 4 is 49.7 Å². The summed E-state index contributed by atoms with van der Waals surface area (Å²) >= 11 is 1.51. The molecule has 0 saturated carbocycles. The van der Waals surface area contributed by atoms with Crippen LogP contribution in [-0.2, 0) is 10.1 Å². The third kappa shape index (κ3) is 4.28. The number of benzene rings is 3. The average Bonchev–Trinajstić information content (AvgIpc) is 2.60. The van der Waals surface area contributed by atoms with Crippen molar-refractivity contribution in [3.63, 3.8) is 0 Å². The molecule has 0 aliphatic carbocycles. The van der Waals surface area contributed by atoms with Gasteiger partial charge in [0.25, 0.3) is 0 Å². The van der Waals surface area contributed by atoms with Crippen LogP contribution in [-0.4, -0.2) is 19.2 Å². The zero-order chi connectivity index (χ0) is 18.0. The van der Waals surface area contributed by atoms with Gasteiger partial charge in [-0.05, 0) is 24.5 Å². The number of rotatable bonds is 4. The zero-order valence-corrected chi connectivity index (χ0v) is 17.8. The SMILES string of the molecule is CSc1ccccc1N=Nc1cc(S(=O)(=O)[O-])c2ccccc2c1N.[Na+]. The summed E-state index contributed by atoms with van der Waals surface area (Å²) in [5, 5.41) is 8.98. The minimum Gasteiger partial charge on any atom is -0.744 e. The number of thioether (sulfide) groups is 1. The average molecular weight is 395 g/mol. The summed E-state index contributed by atoms with van der Waals surface area (Å²) in [7, 11) is -4.68. The molecule has 0 spiro atoms. The van der Waals surface area contributed by atoms with Crippen LogP contribution in [0.5, 0.6) is 0 Å².